The lowest BCUT2D eigenvalue weighted by atomic mass is 9.97. The van der Waals surface area contributed by atoms with Gasteiger partial charge in [0.05, 0.1) is 29.9 Å². The Hall–Kier alpha value is -5.44. The van der Waals surface area contributed by atoms with E-state index in [1.54, 1.807) is 12.4 Å². The lowest BCUT2D eigenvalue weighted by Gasteiger charge is -2.33. The number of imidazole rings is 1. The smallest absolute Gasteiger partial charge is 0.153 e. The topological polar surface area (TPSA) is 202 Å². The second-order valence-electron chi connectivity index (χ2n) is 10.7. The Kier molecular flexibility index (Phi) is 7.50. The monoisotopic (exact) mass is 592 g/mol. The highest BCUT2D eigenvalue weighted by atomic mass is 16.5. The van der Waals surface area contributed by atoms with Crippen molar-refractivity contribution in [2.75, 3.05) is 54.1 Å². The third-order valence-electron chi connectivity index (χ3n) is 7.90. The number of ether oxygens (including phenoxy) is 1. The van der Waals surface area contributed by atoms with E-state index < -0.39 is 0 Å². The van der Waals surface area contributed by atoms with Crippen LogP contribution in [0, 0.1) is 0 Å². The van der Waals surface area contributed by atoms with Crippen molar-refractivity contribution in [3.63, 3.8) is 0 Å². The first-order valence-electron chi connectivity index (χ1n) is 14.5. The van der Waals surface area contributed by atoms with Crippen LogP contribution in [-0.4, -0.2) is 82.9 Å². The standard InChI is InChI=1S/C15H17N7.C14H15N7O/c16-14-13-11(19-9-20-14)3-4-12(21-13)22-7-1-2-10(8-22)15-17-5-6-18-15;15-14-13-10(16-8-17-14)1-2-12(19-13)21-5-6-22-11(7-21)9-3-4-18-20-9/h3-6,9-10H,1-2,7-8H2,(H,17,18)(H2,16,19,20);1-4,8,11H,5-7H2,(H,18,20)(H2,15,16,17). The molecule has 6 aromatic heterocycles. The highest BCUT2D eigenvalue weighted by Gasteiger charge is 2.25. The van der Waals surface area contributed by atoms with Crippen LogP contribution in [0.5, 0.6) is 0 Å². The van der Waals surface area contributed by atoms with Crippen LogP contribution in [0.1, 0.15) is 36.4 Å². The molecule has 2 saturated heterocycles. The molecule has 2 fully saturated rings. The van der Waals surface area contributed by atoms with Crippen molar-refractivity contribution in [3.05, 3.63) is 73.1 Å². The van der Waals surface area contributed by atoms with Crippen LogP contribution in [0.25, 0.3) is 22.1 Å². The minimum Gasteiger partial charge on any atom is -0.382 e. The Morgan fingerprint density at radius 2 is 1.48 bits per heavy atom. The van der Waals surface area contributed by atoms with E-state index in [1.165, 1.54) is 12.7 Å². The van der Waals surface area contributed by atoms with Crippen molar-refractivity contribution in [1.29, 1.82) is 0 Å². The normalized spacial score (nSPS) is 18.7. The van der Waals surface area contributed by atoms with Crippen LogP contribution in [-0.2, 0) is 4.74 Å². The van der Waals surface area contributed by atoms with Crippen molar-refractivity contribution < 1.29 is 4.74 Å². The third kappa shape index (κ3) is 5.64. The van der Waals surface area contributed by atoms with Gasteiger partial charge >= 0.3 is 0 Å². The van der Waals surface area contributed by atoms with Crippen LogP contribution in [0.3, 0.4) is 0 Å². The molecular formula is C29H32N14O. The fraction of sp³-hybridized carbons (Fsp3) is 0.310. The molecule has 0 saturated carbocycles. The van der Waals surface area contributed by atoms with E-state index in [1.807, 2.05) is 36.5 Å². The van der Waals surface area contributed by atoms with E-state index in [0.717, 1.165) is 66.7 Å². The lowest BCUT2D eigenvalue weighted by Crippen LogP contribution is -2.39. The van der Waals surface area contributed by atoms with Crippen LogP contribution in [0.4, 0.5) is 23.3 Å². The Balaban J connectivity index is 0.000000142. The van der Waals surface area contributed by atoms with Gasteiger partial charge in [0.1, 0.15) is 47.3 Å². The summed E-state index contributed by atoms with van der Waals surface area (Å²) in [5.74, 6) is 4.04. The number of nitrogens with one attached hydrogen (secondary N) is 2. The predicted octanol–water partition coefficient (Wildman–Crippen LogP) is 2.62. The van der Waals surface area contributed by atoms with Crippen LogP contribution < -0.4 is 21.3 Å². The summed E-state index contributed by atoms with van der Waals surface area (Å²) in [5, 5.41) is 6.93. The molecule has 0 radical (unpaired) electrons. The number of aromatic amines is 2. The average Bonchev–Trinajstić information content (AvgIpc) is 3.82. The lowest BCUT2D eigenvalue weighted by molar-refractivity contribution is 0.0367. The van der Waals surface area contributed by atoms with E-state index in [-0.39, 0.29) is 6.10 Å². The molecule has 8 heterocycles. The number of rotatable bonds is 4. The van der Waals surface area contributed by atoms with Crippen molar-refractivity contribution in [1.82, 2.24) is 50.1 Å². The van der Waals surface area contributed by atoms with E-state index in [0.29, 0.717) is 41.7 Å². The maximum Gasteiger partial charge on any atom is 0.153 e. The number of fused-ring (bicyclic) bond motifs is 2. The van der Waals surface area contributed by atoms with Gasteiger partial charge in [-0.15, -0.1) is 0 Å². The van der Waals surface area contributed by atoms with Gasteiger partial charge in [0, 0.05) is 44.1 Å². The third-order valence-corrected chi connectivity index (χ3v) is 7.90. The summed E-state index contributed by atoms with van der Waals surface area (Å²) < 4.78 is 5.80. The first-order valence-corrected chi connectivity index (χ1v) is 14.5. The van der Waals surface area contributed by atoms with Gasteiger partial charge < -0.3 is 31.0 Å². The molecule has 0 aliphatic carbocycles. The Bertz CT molecular complexity index is 1710. The zero-order valence-electron chi connectivity index (χ0n) is 23.9. The fourth-order valence-electron chi connectivity index (χ4n) is 5.65. The maximum atomic E-state index is 5.91. The molecule has 6 aromatic rings. The van der Waals surface area contributed by atoms with Gasteiger partial charge in [0.25, 0.3) is 0 Å². The van der Waals surface area contributed by atoms with E-state index in [4.69, 9.17) is 16.2 Å². The summed E-state index contributed by atoms with van der Waals surface area (Å²) in [7, 11) is 0. The Morgan fingerprint density at radius 1 is 0.773 bits per heavy atom. The zero-order valence-corrected chi connectivity index (χ0v) is 23.9. The summed E-state index contributed by atoms with van der Waals surface area (Å²) in [4.78, 5) is 37.7. The second-order valence-corrected chi connectivity index (χ2v) is 10.7. The largest absolute Gasteiger partial charge is 0.382 e. The van der Waals surface area contributed by atoms with E-state index in [9.17, 15) is 0 Å². The number of hydrogen-bond acceptors (Lipinski definition) is 13. The summed E-state index contributed by atoms with van der Waals surface area (Å²) in [5.41, 5.74) is 15.6. The molecule has 2 unspecified atom stereocenters. The molecule has 2 aliphatic rings. The molecule has 2 atom stereocenters. The number of aromatic nitrogens is 10. The number of H-pyrrole nitrogens is 2. The van der Waals surface area contributed by atoms with Gasteiger partial charge in [-0.05, 0) is 43.2 Å². The molecule has 0 aromatic carbocycles. The van der Waals surface area contributed by atoms with E-state index >= 15 is 0 Å². The molecule has 0 spiro atoms. The van der Waals surface area contributed by atoms with Gasteiger partial charge in [0.15, 0.2) is 11.6 Å². The number of nitrogens with zero attached hydrogens (tertiary/aromatic N) is 10. The minimum atomic E-state index is -0.0434. The molecule has 6 N–H and O–H groups in total. The van der Waals surface area contributed by atoms with Crippen LogP contribution in [0.2, 0.25) is 0 Å². The SMILES string of the molecule is Nc1ncnc2ccc(N3CCCC(c4ncc[nH]4)C3)nc12.Nc1ncnc2ccc(N3CCOC(c4ccn[nH]4)C3)nc12. The number of nitrogens with two attached hydrogens (primary N) is 2. The van der Waals surface area contributed by atoms with Gasteiger partial charge in [-0.3, -0.25) is 5.10 Å². The number of anilines is 4. The van der Waals surface area contributed by atoms with Gasteiger partial charge in [-0.1, -0.05) is 0 Å². The van der Waals surface area contributed by atoms with Crippen LogP contribution >= 0.6 is 0 Å². The number of pyridine rings is 2. The predicted molar refractivity (Wildman–Crippen MR) is 166 cm³/mol. The summed E-state index contributed by atoms with van der Waals surface area (Å²) in [6.45, 7) is 4.00. The fourth-order valence-corrected chi connectivity index (χ4v) is 5.65. The van der Waals surface area contributed by atoms with Crippen molar-refractivity contribution in [3.8, 4) is 0 Å². The van der Waals surface area contributed by atoms with E-state index in [2.05, 4.69) is 59.9 Å². The summed E-state index contributed by atoms with van der Waals surface area (Å²) in [6.07, 6.45) is 10.5. The van der Waals surface area contributed by atoms with Gasteiger partial charge in [-0.25, -0.2) is 34.9 Å². The summed E-state index contributed by atoms with van der Waals surface area (Å²) >= 11 is 0. The molecule has 8 rings (SSSR count). The summed E-state index contributed by atoms with van der Waals surface area (Å²) in [6, 6.07) is 9.74. The van der Waals surface area contributed by atoms with Crippen LogP contribution in [0.15, 0.2) is 61.6 Å². The Morgan fingerprint density at radius 3 is 2.11 bits per heavy atom. The molecule has 2 aliphatic heterocycles. The van der Waals surface area contributed by atoms with Crippen molar-refractivity contribution in [2.24, 2.45) is 0 Å². The molecule has 15 nitrogen and oxygen atoms in total. The molecular weight excluding hydrogens is 560 g/mol. The molecule has 0 amide bonds. The Labute approximate surface area is 252 Å². The second kappa shape index (κ2) is 12.0. The van der Waals surface area contributed by atoms with Crippen molar-refractivity contribution >= 4 is 45.3 Å². The number of nitrogen functional groups attached to an aromatic ring is 2. The van der Waals surface area contributed by atoms with Crippen molar-refractivity contribution in [2.45, 2.75) is 24.9 Å². The number of piperidine rings is 1. The molecule has 0 bridgehead atoms. The molecule has 15 heteroatoms. The van der Waals surface area contributed by atoms with Gasteiger partial charge in [0.2, 0.25) is 0 Å². The highest BCUT2D eigenvalue weighted by molar-refractivity contribution is 5.85. The quantitative estimate of drug-likeness (QED) is 0.233. The zero-order chi connectivity index (χ0) is 29.9. The maximum absolute atomic E-state index is 5.91. The first-order chi connectivity index (χ1) is 21.6. The minimum absolute atomic E-state index is 0.0434. The highest BCUT2D eigenvalue weighted by Crippen LogP contribution is 2.29. The first kappa shape index (κ1) is 27.4. The van der Waals surface area contributed by atoms with Gasteiger partial charge in [-0.2, -0.15) is 5.10 Å². The molecule has 224 valence electrons. The average molecular weight is 593 g/mol. The number of morpholine rings is 1. The molecule has 44 heavy (non-hydrogen) atoms. The number of hydrogen-bond donors (Lipinski definition) is 4.